The third-order valence-corrected chi connectivity index (χ3v) is 4.65. The number of carbonyl (C=O) groups is 2. The van der Waals surface area contributed by atoms with Crippen molar-refractivity contribution >= 4 is 46.9 Å². The maximum Gasteiger partial charge on any atom is 0.269 e. The summed E-state index contributed by atoms with van der Waals surface area (Å²) in [6.45, 7) is 3.55. The van der Waals surface area contributed by atoms with Crippen LogP contribution in [-0.2, 0) is 4.79 Å². The van der Waals surface area contributed by atoms with Crippen LogP contribution in [0.4, 0.5) is 5.69 Å². The van der Waals surface area contributed by atoms with Gasteiger partial charge in [0.15, 0.2) is 0 Å². The van der Waals surface area contributed by atoms with Crippen LogP contribution in [0.25, 0.3) is 0 Å². The van der Waals surface area contributed by atoms with Gasteiger partial charge in [0.05, 0.1) is 21.2 Å². The molecule has 0 bridgehead atoms. The van der Waals surface area contributed by atoms with Gasteiger partial charge >= 0.3 is 0 Å². The average molecular weight is 437 g/mol. The van der Waals surface area contributed by atoms with Crippen molar-refractivity contribution in [2.75, 3.05) is 0 Å². The van der Waals surface area contributed by atoms with Crippen molar-refractivity contribution in [3.8, 4) is 0 Å². The van der Waals surface area contributed by atoms with E-state index in [1.54, 1.807) is 13.8 Å². The van der Waals surface area contributed by atoms with Gasteiger partial charge in [-0.2, -0.15) is 5.10 Å². The Morgan fingerprint density at radius 3 is 2.31 bits per heavy atom. The van der Waals surface area contributed by atoms with Gasteiger partial charge in [0, 0.05) is 17.7 Å². The highest BCUT2D eigenvalue weighted by Gasteiger charge is 2.24. The molecule has 0 spiro atoms. The zero-order valence-electron chi connectivity index (χ0n) is 15.6. The summed E-state index contributed by atoms with van der Waals surface area (Å²) in [6, 6.07) is 9.24. The molecule has 152 valence electrons. The van der Waals surface area contributed by atoms with Crippen LogP contribution in [0.15, 0.2) is 47.6 Å². The lowest BCUT2D eigenvalue weighted by Gasteiger charge is -2.20. The first-order chi connectivity index (χ1) is 13.7. The summed E-state index contributed by atoms with van der Waals surface area (Å²) in [5, 5.41) is 17.7. The summed E-state index contributed by atoms with van der Waals surface area (Å²) in [4.78, 5) is 35.0. The average Bonchev–Trinajstić information content (AvgIpc) is 2.68. The molecular weight excluding hydrogens is 419 g/mol. The minimum absolute atomic E-state index is 0.0453. The minimum atomic E-state index is -0.842. The molecule has 0 heterocycles. The van der Waals surface area contributed by atoms with Crippen molar-refractivity contribution in [2.45, 2.75) is 19.9 Å². The standard InChI is InChI=1S/C19H18Cl2N4O4/c1-11(2)17(23-18(26)13-5-8-15(20)16(21)9-13)19(27)24-22-10-12-3-6-14(7-4-12)25(28)29/h3-11,17H,1-2H3,(H,23,26)(H,24,27). The molecule has 1 unspecified atom stereocenters. The smallest absolute Gasteiger partial charge is 0.269 e. The fourth-order valence-electron chi connectivity index (χ4n) is 2.32. The lowest BCUT2D eigenvalue weighted by atomic mass is 10.0. The Hall–Kier alpha value is -2.97. The third kappa shape index (κ3) is 6.27. The molecule has 0 aromatic heterocycles. The van der Waals surface area contributed by atoms with E-state index < -0.39 is 22.8 Å². The number of amides is 2. The molecule has 2 aromatic rings. The Labute approximate surface area is 177 Å². The first kappa shape index (κ1) is 22.3. The first-order valence-corrected chi connectivity index (χ1v) is 9.28. The van der Waals surface area contributed by atoms with Gasteiger partial charge in [-0.1, -0.05) is 37.0 Å². The van der Waals surface area contributed by atoms with E-state index in [1.165, 1.54) is 48.7 Å². The van der Waals surface area contributed by atoms with Crippen LogP contribution in [0.1, 0.15) is 29.8 Å². The molecule has 8 nitrogen and oxygen atoms in total. The summed E-state index contributed by atoms with van der Waals surface area (Å²) < 4.78 is 0. The third-order valence-electron chi connectivity index (χ3n) is 3.91. The second-order valence-corrected chi connectivity index (χ2v) is 7.22. The number of nitrogens with one attached hydrogen (secondary N) is 2. The number of nitro benzene ring substituents is 1. The van der Waals surface area contributed by atoms with Crippen molar-refractivity contribution in [3.63, 3.8) is 0 Å². The van der Waals surface area contributed by atoms with E-state index in [1.807, 2.05) is 0 Å². The van der Waals surface area contributed by atoms with Crippen LogP contribution < -0.4 is 10.7 Å². The second kappa shape index (κ2) is 9.99. The fraction of sp³-hybridized carbons (Fsp3) is 0.211. The fourth-order valence-corrected chi connectivity index (χ4v) is 2.62. The predicted octanol–water partition coefficient (Wildman–Crippen LogP) is 3.81. The molecule has 0 saturated carbocycles. The van der Waals surface area contributed by atoms with Gasteiger partial charge in [0.1, 0.15) is 6.04 Å². The number of non-ortho nitro benzene ring substituents is 1. The van der Waals surface area contributed by atoms with Crippen molar-refractivity contribution in [1.29, 1.82) is 0 Å². The van der Waals surface area contributed by atoms with E-state index in [9.17, 15) is 19.7 Å². The quantitative estimate of drug-likeness (QED) is 0.390. The number of benzene rings is 2. The van der Waals surface area contributed by atoms with E-state index in [-0.39, 0.29) is 22.2 Å². The summed E-state index contributed by atoms with van der Waals surface area (Å²) in [6.07, 6.45) is 1.35. The van der Waals surface area contributed by atoms with Crippen LogP contribution in [0.5, 0.6) is 0 Å². The SMILES string of the molecule is CC(C)C(NC(=O)c1ccc(Cl)c(Cl)c1)C(=O)NN=Cc1ccc([N+](=O)[O-])cc1. The molecule has 2 N–H and O–H groups in total. The first-order valence-electron chi connectivity index (χ1n) is 8.52. The molecule has 2 amide bonds. The largest absolute Gasteiger partial charge is 0.340 e. The van der Waals surface area contributed by atoms with Crippen molar-refractivity contribution in [2.24, 2.45) is 11.0 Å². The molecule has 0 fully saturated rings. The summed E-state index contributed by atoms with van der Waals surface area (Å²) >= 11 is 11.8. The Bertz CT molecular complexity index is 946. The summed E-state index contributed by atoms with van der Waals surface area (Å²) in [7, 11) is 0. The van der Waals surface area contributed by atoms with Gasteiger partial charge in [-0.25, -0.2) is 5.43 Å². The Morgan fingerprint density at radius 1 is 1.10 bits per heavy atom. The van der Waals surface area contributed by atoms with Gasteiger partial charge in [0.2, 0.25) is 0 Å². The van der Waals surface area contributed by atoms with Crippen molar-refractivity contribution in [3.05, 3.63) is 73.8 Å². The van der Waals surface area contributed by atoms with Gasteiger partial charge in [-0.05, 0) is 41.8 Å². The number of hydrazone groups is 1. The number of nitrogens with zero attached hydrogens (tertiary/aromatic N) is 2. The highest BCUT2D eigenvalue weighted by molar-refractivity contribution is 6.42. The monoisotopic (exact) mass is 436 g/mol. The van der Waals surface area contributed by atoms with E-state index >= 15 is 0 Å². The zero-order chi connectivity index (χ0) is 21.6. The van der Waals surface area contributed by atoms with Crippen LogP contribution in [-0.4, -0.2) is 29.0 Å². The highest BCUT2D eigenvalue weighted by atomic mass is 35.5. The van der Waals surface area contributed by atoms with E-state index in [0.717, 1.165) is 0 Å². The molecule has 0 aliphatic heterocycles. The number of hydrogen-bond donors (Lipinski definition) is 2. The normalized spacial score (nSPS) is 12.0. The van der Waals surface area contributed by atoms with Crippen molar-refractivity contribution in [1.82, 2.24) is 10.7 Å². The minimum Gasteiger partial charge on any atom is -0.340 e. The predicted molar refractivity (Wildman–Crippen MR) is 111 cm³/mol. The van der Waals surface area contributed by atoms with E-state index in [0.29, 0.717) is 10.6 Å². The Kier molecular flexibility index (Phi) is 7.69. The number of hydrogen-bond acceptors (Lipinski definition) is 5. The molecule has 10 heteroatoms. The maximum atomic E-state index is 12.4. The molecule has 0 aliphatic carbocycles. The Balaban J connectivity index is 2.02. The van der Waals surface area contributed by atoms with Crippen molar-refractivity contribution < 1.29 is 14.5 Å². The number of rotatable bonds is 7. The van der Waals surface area contributed by atoms with Gasteiger partial charge < -0.3 is 5.32 Å². The van der Waals surface area contributed by atoms with E-state index in [2.05, 4.69) is 15.8 Å². The van der Waals surface area contributed by atoms with Crippen LogP contribution in [0, 0.1) is 16.0 Å². The van der Waals surface area contributed by atoms with Gasteiger partial charge in [-0.3, -0.25) is 19.7 Å². The molecule has 1 atom stereocenters. The highest BCUT2D eigenvalue weighted by Crippen LogP contribution is 2.22. The summed E-state index contributed by atoms with van der Waals surface area (Å²) in [5.41, 5.74) is 3.15. The van der Waals surface area contributed by atoms with Gasteiger partial charge in [-0.15, -0.1) is 0 Å². The van der Waals surface area contributed by atoms with Gasteiger partial charge in [0.25, 0.3) is 17.5 Å². The number of carbonyl (C=O) groups excluding carboxylic acids is 2. The molecule has 29 heavy (non-hydrogen) atoms. The molecule has 0 aliphatic rings. The zero-order valence-corrected chi connectivity index (χ0v) is 17.1. The summed E-state index contributed by atoms with van der Waals surface area (Å²) in [5.74, 6) is -1.19. The lowest BCUT2D eigenvalue weighted by Crippen LogP contribution is -2.48. The molecule has 2 rings (SSSR count). The maximum absolute atomic E-state index is 12.4. The molecule has 0 radical (unpaired) electrons. The number of halogens is 2. The topological polar surface area (TPSA) is 114 Å². The lowest BCUT2D eigenvalue weighted by molar-refractivity contribution is -0.384. The second-order valence-electron chi connectivity index (χ2n) is 6.41. The van der Waals surface area contributed by atoms with Crippen LogP contribution in [0.3, 0.4) is 0 Å². The Morgan fingerprint density at radius 2 is 1.76 bits per heavy atom. The molecule has 2 aromatic carbocycles. The van der Waals surface area contributed by atoms with Crippen LogP contribution in [0.2, 0.25) is 10.0 Å². The molecular formula is C19H18Cl2N4O4. The molecule has 0 saturated heterocycles. The van der Waals surface area contributed by atoms with E-state index in [4.69, 9.17) is 23.2 Å². The number of nitro groups is 1. The van der Waals surface area contributed by atoms with Crippen LogP contribution >= 0.6 is 23.2 Å².